The van der Waals surface area contributed by atoms with E-state index in [1.54, 1.807) is 44.2 Å². The maximum atomic E-state index is 13.3. The average molecular weight is 521 g/mol. The second kappa shape index (κ2) is 11.2. The van der Waals surface area contributed by atoms with E-state index >= 15 is 0 Å². The zero-order chi connectivity index (χ0) is 24.1. The van der Waals surface area contributed by atoms with Gasteiger partial charge in [0.2, 0.25) is 21.8 Å². The largest absolute Gasteiger partial charge is 0.355 e. The molecule has 2 amide bonds. The number of halogens is 3. The lowest BCUT2D eigenvalue weighted by atomic mass is 10.1. The first-order chi connectivity index (χ1) is 15.0. The Kier molecular flexibility index (Phi) is 9.21. The molecule has 0 saturated carbocycles. The Bertz CT molecular complexity index is 1100. The van der Waals surface area contributed by atoms with Crippen molar-refractivity contribution >= 4 is 62.3 Å². The van der Waals surface area contributed by atoms with E-state index in [0.717, 1.165) is 10.6 Å². The molecule has 1 atom stereocenters. The molecule has 0 bridgehead atoms. The van der Waals surface area contributed by atoms with Gasteiger partial charge in [0.25, 0.3) is 0 Å². The molecule has 0 radical (unpaired) electrons. The summed E-state index contributed by atoms with van der Waals surface area (Å²) in [7, 11) is -3.85. The van der Waals surface area contributed by atoms with E-state index < -0.39 is 28.5 Å². The zero-order valence-corrected chi connectivity index (χ0v) is 20.9. The molecule has 174 valence electrons. The van der Waals surface area contributed by atoms with Crippen LogP contribution in [0.3, 0.4) is 0 Å². The molecule has 7 nitrogen and oxygen atoms in total. The van der Waals surface area contributed by atoms with Crippen LogP contribution in [0.4, 0.5) is 5.69 Å². The van der Waals surface area contributed by atoms with Gasteiger partial charge >= 0.3 is 0 Å². The van der Waals surface area contributed by atoms with E-state index in [0.29, 0.717) is 22.2 Å². The topological polar surface area (TPSA) is 86.8 Å². The number of nitrogens with one attached hydrogen (secondary N) is 1. The van der Waals surface area contributed by atoms with Crippen molar-refractivity contribution in [3.63, 3.8) is 0 Å². The van der Waals surface area contributed by atoms with Gasteiger partial charge in [-0.25, -0.2) is 8.42 Å². The molecule has 0 aliphatic carbocycles. The van der Waals surface area contributed by atoms with Gasteiger partial charge in [-0.1, -0.05) is 53.0 Å². The molecular weight excluding hydrogens is 497 g/mol. The first-order valence-corrected chi connectivity index (χ1v) is 12.7. The predicted octanol–water partition coefficient (Wildman–Crippen LogP) is 3.97. The summed E-state index contributed by atoms with van der Waals surface area (Å²) < 4.78 is 25.9. The summed E-state index contributed by atoms with van der Waals surface area (Å²) in [6, 6.07) is 10.3. The number of amides is 2. The van der Waals surface area contributed by atoms with E-state index in [9.17, 15) is 18.0 Å². The normalized spacial score (nSPS) is 12.2. The Hall–Kier alpha value is -2.00. The van der Waals surface area contributed by atoms with E-state index in [-0.39, 0.29) is 23.2 Å². The highest BCUT2D eigenvalue weighted by molar-refractivity contribution is 7.92. The summed E-state index contributed by atoms with van der Waals surface area (Å²) in [5.74, 6) is -0.954. The molecule has 0 aromatic heterocycles. The minimum Gasteiger partial charge on any atom is -0.355 e. The number of carbonyl (C=O) groups excluding carboxylic acids is 2. The average Bonchev–Trinajstić information content (AvgIpc) is 2.72. The van der Waals surface area contributed by atoms with E-state index in [1.165, 1.54) is 17.0 Å². The van der Waals surface area contributed by atoms with Crippen LogP contribution in [0.1, 0.15) is 19.4 Å². The number of hydrogen-bond acceptors (Lipinski definition) is 4. The van der Waals surface area contributed by atoms with Crippen molar-refractivity contribution < 1.29 is 18.0 Å². The van der Waals surface area contributed by atoms with E-state index in [4.69, 9.17) is 34.8 Å². The van der Waals surface area contributed by atoms with Crippen LogP contribution < -0.4 is 9.62 Å². The van der Waals surface area contributed by atoms with Crippen molar-refractivity contribution in [1.82, 2.24) is 10.2 Å². The fraction of sp³-hybridized carbons (Fsp3) is 0.333. The lowest BCUT2D eigenvalue weighted by molar-refractivity contribution is -0.139. The van der Waals surface area contributed by atoms with Crippen LogP contribution in [-0.4, -0.2) is 50.5 Å². The second-order valence-electron chi connectivity index (χ2n) is 7.06. The Labute approximate surface area is 203 Å². The highest BCUT2D eigenvalue weighted by atomic mass is 35.5. The number of para-hydroxylation sites is 1. The van der Waals surface area contributed by atoms with Crippen molar-refractivity contribution in [3.05, 3.63) is 63.1 Å². The molecule has 1 N–H and O–H groups in total. The number of nitrogens with zero attached hydrogens (tertiary/aromatic N) is 2. The van der Waals surface area contributed by atoms with E-state index in [2.05, 4.69) is 5.32 Å². The molecule has 32 heavy (non-hydrogen) atoms. The zero-order valence-electron chi connectivity index (χ0n) is 17.8. The van der Waals surface area contributed by atoms with E-state index in [1.807, 2.05) is 0 Å². The second-order valence-corrected chi connectivity index (χ2v) is 10.2. The first kappa shape index (κ1) is 26.3. The third kappa shape index (κ3) is 6.75. The van der Waals surface area contributed by atoms with Crippen LogP contribution >= 0.6 is 34.8 Å². The van der Waals surface area contributed by atoms with Crippen molar-refractivity contribution in [2.45, 2.75) is 26.4 Å². The van der Waals surface area contributed by atoms with Crippen molar-refractivity contribution in [1.29, 1.82) is 0 Å². The van der Waals surface area contributed by atoms with Crippen LogP contribution in [0.15, 0.2) is 42.5 Å². The molecule has 2 rings (SSSR count). The number of hydrogen-bond donors (Lipinski definition) is 1. The first-order valence-electron chi connectivity index (χ1n) is 9.69. The van der Waals surface area contributed by atoms with Crippen LogP contribution in [-0.2, 0) is 26.2 Å². The fourth-order valence-electron chi connectivity index (χ4n) is 2.99. The van der Waals surface area contributed by atoms with Gasteiger partial charge in [-0.3, -0.25) is 13.9 Å². The predicted molar refractivity (Wildman–Crippen MR) is 129 cm³/mol. The Morgan fingerprint density at radius 3 is 2.25 bits per heavy atom. The Balaban J connectivity index is 2.41. The number of benzene rings is 2. The van der Waals surface area contributed by atoms with Gasteiger partial charge in [-0.2, -0.15) is 0 Å². The lowest BCUT2D eigenvalue weighted by Gasteiger charge is -2.31. The summed E-state index contributed by atoms with van der Waals surface area (Å²) in [5, 5.41) is 3.51. The maximum Gasteiger partial charge on any atom is 0.244 e. The van der Waals surface area contributed by atoms with Gasteiger partial charge < -0.3 is 10.2 Å². The molecule has 0 heterocycles. The molecule has 11 heteroatoms. The molecule has 0 spiro atoms. The lowest BCUT2D eigenvalue weighted by Crippen LogP contribution is -2.51. The number of sulfonamides is 1. The highest BCUT2D eigenvalue weighted by Crippen LogP contribution is 2.28. The number of rotatable bonds is 9. The van der Waals surface area contributed by atoms with Crippen molar-refractivity contribution in [2.24, 2.45) is 0 Å². The summed E-state index contributed by atoms with van der Waals surface area (Å²) >= 11 is 18.2. The third-order valence-electron chi connectivity index (χ3n) is 4.66. The smallest absolute Gasteiger partial charge is 0.244 e. The minimum absolute atomic E-state index is 0.0220. The van der Waals surface area contributed by atoms with Gasteiger partial charge in [0.1, 0.15) is 12.6 Å². The number of likely N-dealkylation sites (N-methyl/N-ethyl adjacent to an activating group) is 1. The molecule has 0 saturated heterocycles. The summed E-state index contributed by atoms with van der Waals surface area (Å²) in [5.41, 5.74) is 0.803. The van der Waals surface area contributed by atoms with Gasteiger partial charge in [-0.15, -0.1) is 0 Å². The fourth-order valence-corrected chi connectivity index (χ4v) is 4.46. The third-order valence-corrected chi connectivity index (χ3v) is 6.84. The maximum absolute atomic E-state index is 13.3. The minimum atomic E-state index is -3.85. The molecule has 0 unspecified atom stereocenters. The van der Waals surface area contributed by atoms with Crippen LogP contribution in [0.2, 0.25) is 15.1 Å². The molecule has 0 aliphatic heterocycles. The van der Waals surface area contributed by atoms with Gasteiger partial charge in [0.15, 0.2) is 0 Å². The SMILES string of the molecule is CCNC(=O)[C@@H](C)N(Cc1ccc(Cl)c(Cl)c1)C(=O)CN(c1ccccc1Cl)S(C)(=O)=O. The molecule has 2 aromatic rings. The molecule has 2 aromatic carbocycles. The summed E-state index contributed by atoms with van der Waals surface area (Å²) in [4.78, 5) is 27.1. The van der Waals surface area contributed by atoms with Gasteiger partial charge in [0.05, 0.1) is 27.0 Å². The van der Waals surface area contributed by atoms with Crippen molar-refractivity contribution in [2.75, 3.05) is 23.7 Å². The summed E-state index contributed by atoms with van der Waals surface area (Å²) in [6.07, 6.45) is 0.986. The highest BCUT2D eigenvalue weighted by Gasteiger charge is 2.30. The summed E-state index contributed by atoms with van der Waals surface area (Å²) in [6.45, 7) is 3.20. The quantitative estimate of drug-likeness (QED) is 0.542. The number of anilines is 1. The Morgan fingerprint density at radius 2 is 1.69 bits per heavy atom. The van der Waals surface area contributed by atoms with Gasteiger partial charge in [-0.05, 0) is 43.7 Å². The van der Waals surface area contributed by atoms with Crippen LogP contribution in [0.25, 0.3) is 0 Å². The standard InChI is InChI=1S/C21H24Cl3N3O4S/c1-4-25-21(29)14(2)26(12-15-9-10-16(22)18(24)11-15)20(28)13-27(32(3,30)31)19-8-6-5-7-17(19)23/h5-11,14H,4,12-13H2,1-3H3,(H,25,29)/t14-/m1/s1. The van der Waals surface area contributed by atoms with Crippen LogP contribution in [0.5, 0.6) is 0 Å². The molecule has 0 aliphatic rings. The number of carbonyl (C=O) groups is 2. The monoisotopic (exact) mass is 519 g/mol. The molecular formula is C21H24Cl3N3O4S. The Morgan fingerprint density at radius 1 is 1.03 bits per heavy atom. The van der Waals surface area contributed by atoms with Gasteiger partial charge in [0, 0.05) is 13.1 Å². The van der Waals surface area contributed by atoms with Crippen LogP contribution in [0, 0.1) is 0 Å². The molecule has 0 fully saturated rings. The van der Waals surface area contributed by atoms with Crippen molar-refractivity contribution in [3.8, 4) is 0 Å².